The lowest BCUT2D eigenvalue weighted by Crippen LogP contribution is -2.12. The van der Waals surface area contributed by atoms with Crippen molar-refractivity contribution in [2.45, 2.75) is 6.92 Å². The lowest BCUT2D eigenvalue weighted by Gasteiger charge is -2.06. The normalized spacial score (nSPS) is 10.1. The number of thiocarbonyl (C=S) groups is 1. The Morgan fingerprint density at radius 2 is 2.17 bits per heavy atom. The first-order valence-electron chi connectivity index (χ1n) is 5.22. The molecule has 2 aromatic rings. The Balaban J connectivity index is 2.25. The Labute approximate surface area is 109 Å². The summed E-state index contributed by atoms with van der Waals surface area (Å²) in [4.78, 5) is 8.31. The van der Waals surface area contributed by atoms with Gasteiger partial charge in [0.1, 0.15) is 16.5 Å². The first-order valence-corrected chi connectivity index (χ1v) is 5.63. The predicted octanol–water partition coefficient (Wildman–Crippen LogP) is 2.30. The Hall–Kier alpha value is -2.08. The van der Waals surface area contributed by atoms with Crippen LogP contribution in [0, 0.1) is 12.7 Å². The Kier molecular flexibility index (Phi) is 3.47. The average molecular weight is 262 g/mol. The second-order valence-electron chi connectivity index (χ2n) is 3.72. The minimum Gasteiger partial charge on any atom is -0.388 e. The third kappa shape index (κ3) is 2.78. The average Bonchev–Trinajstić information content (AvgIpc) is 2.34. The van der Waals surface area contributed by atoms with Crippen molar-refractivity contribution in [3.05, 3.63) is 47.5 Å². The fraction of sp³-hybridized carbons (Fsp3) is 0.0833. The highest BCUT2D eigenvalue weighted by Gasteiger charge is 2.04. The molecular weight excluding hydrogens is 251 g/mol. The van der Waals surface area contributed by atoms with E-state index < -0.39 is 0 Å². The molecule has 0 spiro atoms. The van der Waals surface area contributed by atoms with Crippen molar-refractivity contribution in [3.8, 4) is 0 Å². The molecule has 0 unspecified atom stereocenters. The van der Waals surface area contributed by atoms with Crippen LogP contribution in [0.1, 0.15) is 11.3 Å². The maximum absolute atomic E-state index is 13.4. The molecule has 3 N–H and O–H groups in total. The number of aromatic nitrogens is 2. The summed E-state index contributed by atoms with van der Waals surface area (Å²) in [5.74, 6) is 0.0362. The first-order chi connectivity index (χ1) is 8.56. The van der Waals surface area contributed by atoms with E-state index in [4.69, 9.17) is 18.0 Å². The number of hydrogen-bond acceptors (Lipinski definition) is 4. The zero-order valence-electron chi connectivity index (χ0n) is 9.64. The third-order valence-electron chi connectivity index (χ3n) is 2.34. The summed E-state index contributed by atoms with van der Waals surface area (Å²) < 4.78 is 13.4. The molecule has 6 heteroatoms. The fourth-order valence-corrected chi connectivity index (χ4v) is 1.47. The van der Waals surface area contributed by atoms with E-state index in [9.17, 15) is 4.39 Å². The summed E-state index contributed by atoms with van der Waals surface area (Å²) in [6.45, 7) is 1.70. The molecule has 1 aromatic heterocycles. The number of hydrogen-bond donors (Lipinski definition) is 2. The van der Waals surface area contributed by atoms with Gasteiger partial charge in [-0.3, -0.25) is 0 Å². The van der Waals surface area contributed by atoms with Crippen LogP contribution in [0.5, 0.6) is 0 Å². The monoisotopic (exact) mass is 262 g/mol. The van der Waals surface area contributed by atoms with Gasteiger partial charge in [-0.15, -0.1) is 0 Å². The smallest absolute Gasteiger partial charge is 0.227 e. The van der Waals surface area contributed by atoms with Crippen LogP contribution in [0.3, 0.4) is 0 Å². The number of nitrogens with two attached hydrogens (primary N) is 1. The van der Waals surface area contributed by atoms with Crippen molar-refractivity contribution in [2.24, 2.45) is 5.73 Å². The number of nitrogens with zero attached hydrogens (tertiary/aromatic N) is 2. The molecule has 0 aliphatic carbocycles. The topological polar surface area (TPSA) is 63.8 Å². The summed E-state index contributed by atoms with van der Waals surface area (Å²) in [7, 11) is 0. The van der Waals surface area contributed by atoms with E-state index in [2.05, 4.69) is 15.3 Å². The fourth-order valence-electron chi connectivity index (χ4n) is 1.36. The van der Waals surface area contributed by atoms with Gasteiger partial charge in [0.15, 0.2) is 0 Å². The minimum absolute atomic E-state index is 0.190. The van der Waals surface area contributed by atoms with Gasteiger partial charge in [-0.25, -0.2) is 14.4 Å². The number of nitrogens with one attached hydrogen (secondary N) is 1. The van der Waals surface area contributed by atoms with Crippen molar-refractivity contribution in [3.63, 3.8) is 0 Å². The minimum atomic E-state index is -0.287. The lowest BCUT2D eigenvalue weighted by atomic mass is 10.2. The van der Waals surface area contributed by atoms with Gasteiger partial charge in [0.05, 0.1) is 0 Å². The largest absolute Gasteiger partial charge is 0.388 e. The van der Waals surface area contributed by atoms with Crippen LogP contribution >= 0.6 is 12.2 Å². The lowest BCUT2D eigenvalue weighted by molar-refractivity contribution is 0.619. The van der Waals surface area contributed by atoms with Crippen LogP contribution in [0.25, 0.3) is 0 Å². The second-order valence-corrected chi connectivity index (χ2v) is 4.16. The highest BCUT2D eigenvalue weighted by molar-refractivity contribution is 7.80. The van der Waals surface area contributed by atoms with Crippen molar-refractivity contribution < 1.29 is 4.39 Å². The second kappa shape index (κ2) is 5.05. The summed E-state index contributed by atoms with van der Waals surface area (Å²) in [5.41, 5.74) is 7.09. The summed E-state index contributed by atoms with van der Waals surface area (Å²) in [6, 6.07) is 6.42. The van der Waals surface area contributed by atoms with Gasteiger partial charge in [-0.05, 0) is 30.7 Å². The van der Waals surface area contributed by atoms with Crippen LogP contribution in [0.15, 0.2) is 30.5 Å². The highest BCUT2D eigenvalue weighted by Crippen LogP contribution is 2.16. The van der Waals surface area contributed by atoms with E-state index in [-0.39, 0.29) is 10.8 Å². The molecule has 0 atom stereocenters. The zero-order chi connectivity index (χ0) is 13.1. The summed E-state index contributed by atoms with van der Waals surface area (Å²) in [5, 5.41) is 2.89. The van der Waals surface area contributed by atoms with E-state index in [0.29, 0.717) is 22.9 Å². The van der Waals surface area contributed by atoms with Gasteiger partial charge in [-0.1, -0.05) is 18.3 Å². The van der Waals surface area contributed by atoms with Crippen LogP contribution in [0.4, 0.5) is 16.0 Å². The molecule has 18 heavy (non-hydrogen) atoms. The van der Waals surface area contributed by atoms with Gasteiger partial charge in [-0.2, -0.15) is 0 Å². The number of benzene rings is 1. The number of anilines is 2. The van der Waals surface area contributed by atoms with Crippen molar-refractivity contribution in [1.82, 2.24) is 9.97 Å². The van der Waals surface area contributed by atoms with Crippen LogP contribution in [-0.2, 0) is 0 Å². The summed E-state index contributed by atoms with van der Waals surface area (Å²) >= 11 is 4.82. The molecule has 0 aliphatic rings. The number of rotatable bonds is 3. The number of aryl methyl sites for hydroxylation is 1. The highest BCUT2D eigenvalue weighted by atomic mass is 32.1. The molecule has 2 rings (SSSR count). The molecule has 4 nitrogen and oxygen atoms in total. The zero-order valence-corrected chi connectivity index (χ0v) is 10.5. The molecule has 0 amide bonds. The van der Waals surface area contributed by atoms with Gasteiger partial charge in [0.25, 0.3) is 0 Å². The molecule has 0 saturated heterocycles. The summed E-state index contributed by atoms with van der Waals surface area (Å²) in [6.07, 6.45) is 1.54. The molecule has 92 valence electrons. The predicted molar refractivity (Wildman–Crippen MR) is 72.3 cm³/mol. The molecule has 1 heterocycles. The van der Waals surface area contributed by atoms with Crippen LogP contribution < -0.4 is 11.1 Å². The molecule has 0 saturated carbocycles. The third-order valence-corrected chi connectivity index (χ3v) is 2.55. The maximum atomic E-state index is 13.4. The van der Waals surface area contributed by atoms with E-state index in [0.717, 1.165) is 0 Å². The van der Waals surface area contributed by atoms with E-state index in [1.807, 2.05) is 0 Å². The van der Waals surface area contributed by atoms with Gasteiger partial charge >= 0.3 is 0 Å². The molecule has 0 radical (unpaired) electrons. The number of halogens is 1. The first kappa shape index (κ1) is 12.4. The molecule has 0 bridgehead atoms. The quantitative estimate of drug-likeness (QED) is 0.831. The Morgan fingerprint density at radius 3 is 2.83 bits per heavy atom. The van der Waals surface area contributed by atoms with E-state index in [1.165, 1.54) is 12.3 Å². The van der Waals surface area contributed by atoms with Gasteiger partial charge in [0, 0.05) is 11.9 Å². The Morgan fingerprint density at radius 1 is 1.39 bits per heavy atom. The maximum Gasteiger partial charge on any atom is 0.227 e. The van der Waals surface area contributed by atoms with Crippen molar-refractivity contribution in [2.75, 3.05) is 5.32 Å². The molecule has 0 fully saturated rings. The molecular formula is C12H11FN4S. The Bertz CT molecular complexity index is 600. The van der Waals surface area contributed by atoms with E-state index in [1.54, 1.807) is 25.1 Å². The standard InChI is InChI=1S/C12H11FN4S/c1-7-2-3-8(6-9(7)13)16-12-15-5-4-10(17-12)11(14)18/h2-6H,1H3,(H2,14,18)(H,15,16,17). The molecule has 1 aromatic carbocycles. The van der Waals surface area contributed by atoms with E-state index >= 15 is 0 Å². The molecule has 0 aliphatic heterocycles. The van der Waals surface area contributed by atoms with Crippen molar-refractivity contribution >= 4 is 28.8 Å². The SMILES string of the molecule is Cc1ccc(Nc2nccc(C(N)=S)n2)cc1F. The van der Waals surface area contributed by atoms with Crippen molar-refractivity contribution in [1.29, 1.82) is 0 Å². The van der Waals surface area contributed by atoms with Gasteiger partial charge in [0.2, 0.25) is 5.95 Å². The van der Waals surface area contributed by atoms with Crippen LogP contribution in [-0.4, -0.2) is 15.0 Å². The van der Waals surface area contributed by atoms with Gasteiger partial charge < -0.3 is 11.1 Å². The van der Waals surface area contributed by atoms with Crippen LogP contribution in [0.2, 0.25) is 0 Å².